The summed E-state index contributed by atoms with van der Waals surface area (Å²) in [6.07, 6.45) is -0.925. The van der Waals surface area contributed by atoms with Crippen molar-refractivity contribution in [2.75, 3.05) is 31.5 Å². The van der Waals surface area contributed by atoms with E-state index in [0.717, 1.165) is 22.6 Å². The van der Waals surface area contributed by atoms with Crippen LogP contribution in [0.3, 0.4) is 0 Å². The molecule has 1 aliphatic heterocycles. The highest BCUT2D eigenvalue weighted by Crippen LogP contribution is 2.21. The van der Waals surface area contributed by atoms with Crippen molar-refractivity contribution in [1.29, 1.82) is 0 Å². The van der Waals surface area contributed by atoms with E-state index in [-0.39, 0.29) is 31.7 Å². The molecule has 0 aromatic heterocycles. The Bertz CT molecular complexity index is 979. The van der Waals surface area contributed by atoms with Gasteiger partial charge < -0.3 is 21.3 Å². The lowest BCUT2D eigenvalue weighted by molar-refractivity contribution is -0.132. The average molecular weight is 445 g/mol. The van der Waals surface area contributed by atoms with Crippen LogP contribution >= 0.6 is 0 Å². The molecule has 3 rings (SSSR count). The predicted octanol–water partition coefficient (Wildman–Crippen LogP) is 2.05. The molecule has 32 heavy (non-hydrogen) atoms. The van der Waals surface area contributed by atoms with Gasteiger partial charge in [0.2, 0.25) is 0 Å². The Kier molecular flexibility index (Phi) is 7.37. The number of urea groups is 1. The Balaban J connectivity index is 1.89. The van der Waals surface area contributed by atoms with Gasteiger partial charge in [-0.05, 0) is 37.6 Å². The average Bonchev–Trinajstić information content (AvgIpc) is 2.77. The second-order valence-corrected chi connectivity index (χ2v) is 7.45. The summed E-state index contributed by atoms with van der Waals surface area (Å²) in [6, 6.07) is 8.96. The molecule has 2 aromatic carbocycles. The first-order chi connectivity index (χ1) is 15.3. The summed E-state index contributed by atoms with van der Waals surface area (Å²) in [4.78, 5) is 41.4. The summed E-state index contributed by atoms with van der Waals surface area (Å²) in [6.45, 7) is 2.55. The van der Waals surface area contributed by atoms with Crippen molar-refractivity contribution in [2.45, 2.75) is 19.5 Å². The van der Waals surface area contributed by atoms with E-state index in [1.807, 2.05) is 19.1 Å². The van der Waals surface area contributed by atoms with E-state index in [1.54, 1.807) is 12.1 Å². The largest absolute Gasteiger partial charge is 0.351 e. The lowest BCUT2D eigenvalue weighted by Crippen LogP contribution is -2.64. The third-order valence-electron chi connectivity index (χ3n) is 5.00. The molecular formula is C22H25F2N5O3. The summed E-state index contributed by atoms with van der Waals surface area (Å²) >= 11 is 0. The van der Waals surface area contributed by atoms with Crippen molar-refractivity contribution < 1.29 is 23.2 Å². The molecule has 8 nitrogen and oxygen atoms in total. The van der Waals surface area contributed by atoms with Gasteiger partial charge in [-0.25, -0.2) is 13.6 Å². The SMILES string of the molecule is Cc1ccc(NC(=O)N2CCCN(C(=O)c3cc(F)cc(F)c3)C2C(=O)NCCN)cc1. The zero-order chi connectivity index (χ0) is 23.3. The summed E-state index contributed by atoms with van der Waals surface area (Å²) in [5.41, 5.74) is 6.75. The molecule has 1 fully saturated rings. The van der Waals surface area contributed by atoms with E-state index in [9.17, 15) is 23.2 Å². The number of carbonyl (C=O) groups is 3. The van der Waals surface area contributed by atoms with Crippen LogP contribution in [-0.2, 0) is 4.79 Å². The number of nitrogens with zero attached hydrogens (tertiary/aromatic N) is 2. The highest BCUT2D eigenvalue weighted by Gasteiger charge is 2.40. The number of carbonyl (C=O) groups excluding carboxylic acids is 3. The fraction of sp³-hybridized carbons (Fsp3) is 0.318. The van der Waals surface area contributed by atoms with Crippen molar-refractivity contribution in [2.24, 2.45) is 5.73 Å². The molecule has 0 saturated carbocycles. The van der Waals surface area contributed by atoms with Crippen LogP contribution in [-0.4, -0.2) is 60.0 Å². The Labute approximate surface area is 184 Å². The molecule has 1 saturated heterocycles. The van der Waals surface area contributed by atoms with E-state index in [0.29, 0.717) is 18.2 Å². The van der Waals surface area contributed by atoms with Crippen LogP contribution in [0.2, 0.25) is 0 Å². The van der Waals surface area contributed by atoms with Crippen LogP contribution < -0.4 is 16.4 Å². The highest BCUT2D eigenvalue weighted by atomic mass is 19.1. The molecule has 2 aromatic rings. The molecule has 1 atom stereocenters. The van der Waals surface area contributed by atoms with Crippen molar-refractivity contribution in [1.82, 2.24) is 15.1 Å². The molecule has 170 valence electrons. The van der Waals surface area contributed by atoms with Gasteiger partial charge in [0.25, 0.3) is 11.8 Å². The normalized spacial score (nSPS) is 15.9. The molecule has 0 spiro atoms. The van der Waals surface area contributed by atoms with Crippen LogP contribution in [0.1, 0.15) is 22.3 Å². The molecular weight excluding hydrogens is 420 g/mol. The van der Waals surface area contributed by atoms with Crippen LogP contribution in [0.25, 0.3) is 0 Å². The number of hydrogen-bond acceptors (Lipinski definition) is 4. The van der Waals surface area contributed by atoms with Gasteiger partial charge >= 0.3 is 6.03 Å². The minimum Gasteiger partial charge on any atom is -0.351 e. The third-order valence-corrected chi connectivity index (χ3v) is 5.00. The van der Waals surface area contributed by atoms with Crippen LogP contribution in [0.4, 0.5) is 19.3 Å². The molecule has 4 amide bonds. The summed E-state index contributed by atoms with van der Waals surface area (Å²) in [7, 11) is 0. The number of halogens is 2. The van der Waals surface area contributed by atoms with Crippen molar-refractivity contribution in [3.8, 4) is 0 Å². The molecule has 0 aliphatic carbocycles. The first kappa shape index (κ1) is 23.1. The Morgan fingerprint density at radius 3 is 2.28 bits per heavy atom. The maximum Gasteiger partial charge on any atom is 0.323 e. The zero-order valence-corrected chi connectivity index (χ0v) is 17.6. The van der Waals surface area contributed by atoms with Gasteiger partial charge in [0.05, 0.1) is 0 Å². The van der Waals surface area contributed by atoms with Crippen molar-refractivity contribution in [3.05, 3.63) is 65.2 Å². The number of nitrogens with two attached hydrogens (primary N) is 1. The zero-order valence-electron chi connectivity index (χ0n) is 17.6. The minimum atomic E-state index is -1.31. The number of rotatable bonds is 5. The molecule has 4 N–H and O–H groups in total. The topological polar surface area (TPSA) is 108 Å². The maximum atomic E-state index is 13.7. The Morgan fingerprint density at radius 2 is 1.66 bits per heavy atom. The smallest absolute Gasteiger partial charge is 0.323 e. The van der Waals surface area contributed by atoms with Crippen molar-refractivity contribution >= 4 is 23.5 Å². The van der Waals surface area contributed by atoms with Gasteiger partial charge in [-0.1, -0.05) is 17.7 Å². The van der Waals surface area contributed by atoms with E-state index in [1.165, 1.54) is 4.90 Å². The second kappa shape index (κ2) is 10.2. The van der Waals surface area contributed by atoms with Crippen LogP contribution in [0.15, 0.2) is 42.5 Å². The Morgan fingerprint density at radius 1 is 1.03 bits per heavy atom. The van der Waals surface area contributed by atoms with E-state index in [4.69, 9.17) is 5.73 Å². The lowest BCUT2D eigenvalue weighted by atomic mass is 10.1. The standard InChI is InChI=1S/C22H25F2N5O3/c1-14-3-5-18(6-4-14)27-22(32)29-10-2-9-28(20(29)19(30)26-8-7-25)21(31)15-11-16(23)13-17(24)12-15/h3-6,11-13,20H,2,7-10,25H2,1H3,(H,26,30)(H,27,32). The number of anilines is 1. The number of amides is 4. The number of aryl methyl sites for hydroxylation is 1. The monoisotopic (exact) mass is 445 g/mol. The second-order valence-electron chi connectivity index (χ2n) is 7.45. The minimum absolute atomic E-state index is 0.131. The van der Waals surface area contributed by atoms with Crippen LogP contribution in [0, 0.1) is 18.6 Å². The maximum absolute atomic E-state index is 13.7. The summed E-state index contributed by atoms with van der Waals surface area (Å²) < 4.78 is 27.3. The fourth-order valence-electron chi connectivity index (χ4n) is 3.49. The third kappa shape index (κ3) is 5.38. The van der Waals surface area contributed by atoms with Gasteiger partial charge in [0.1, 0.15) is 11.6 Å². The molecule has 0 bridgehead atoms. The number of nitrogens with one attached hydrogen (secondary N) is 2. The van der Waals surface area contributed by atoms with E-state index >= 15 is 0 Å². The predicted molar refractivity (Wildman–Crippen MR) is 115 cm³/mol. The van der Waals surface area contributed by atoms with Gasteiger partial charge in [-0.15, -0.1) is 0 Å². The molecule has 1 aliphatic rings. The molecule has 1 unspecified atom stereocenters. The summed E-state index contributed by atoms with van der Waals surface area (Å²) in [5, 5.41) is 5.31. The Hall–Kier alpha value is -3.53. The van der Waals surface area contributed by atoms with Gasteiger partial charge in [0, 0.05) is 43.5 Å². The van der Waals surface area contributed by atoms with E-state index in [2.05, 4.69) is 10.6 Å². The van der Waals surface area contributed by atoms with Gasteiger partial charge in [0.15, 0.2) is 6.17 Å². The first-order valence-electron chi connectivity index (χ1n) is 10.2. The lowest BCUT2D eigenvalue weighted by Gasteiger charge is -2.42. The first-order valence-corrected chi connectivity index (χ1v) is 10.2. The molecule has 0 radical (unpaired) electrons. The number of benzene rings is 2. The fourth-order valence-corrected chi connectivity index (χ4v) is 3.49. The molecule has 10 heteroatoms. The van der Waals surface area contributed by atoms with Gasteiger partial charge in [-0.2, -0.15) is 0 Å². The number of hydrogen-bond donors (Lipinski definition) is 3. The molecule has 1 heterocycles. The van der Waals surface area contributed by atoms with Crippen molar-refractivity contribution in [3.63, 3.8) is 0 Å². The highest BCUT2D eigenvalue weighted by molar-refractivity contribution is 6.00. The van der Waals surface area contributed by atoms with Gasteiger partial charge in [-0.3, -0.25) is 14.5 Å². The van der Waals surface area contributed by atoms with Crippen LogP contribution in [0.5, 0.6) is 0 Å². The van der Waals surface area contributed by atoms with E-state index < -0.39 is 35.6 Å². The summed E-state index contributed by atoms with van der Waals surface area (Å²) in [5.74, 6) is -3.20. The quantitative estimate of drug-likeness (QED) is 0.655.